The van der Waals surface area contributed by atoms with Crippen molar-refractivity contribution in [3.8, 4) is 0 Å². The van der Waals surface area contributed by atoms with Gasteiger partial charge in [-0.1, -0.05) is 6.08 Å². The van der Waals surface area contributed by atoms with Crippen molar-refractivity contribution in [2.45, 2.75) is 18.4 Å². The van der Waals surface area contributed by atoms with E-state index in [4.69, 9.17) is 0 Å². The van der Waals surface area contributed by atoms with Crippen LogP contribution in [0.5, 0.6) is 0 Å². The molecule has 2 aliphatic rings. The average molecular weight is 123 g/mol. The summed E-state index contributed by atoms with van der Waals surface area (Å²) in [5.74, 6) is 0.272. The van der Waals surface area contributed by atoms with Crippen LogP contribution in [0.15, 0.2) is 12.2 Å². The summed E-state index contributed by atoms with van der Waals surface area (Å²) in [6.07, 6.45) is 5.57. The maximum absolute atomic E-state index is 11.0. The molecule has 1 aliphatic heterocycles. The van der Waals surface area contributed by atoms with E-state index in [1.807, 2.05) is 6.08 Å². The van der Waals surface area contributed by atoms with Gasteiger partial charge in [0, 0.05) is 0 Å². The number of hydrogen-bond donors (Lipinski definition) is 1. The molecule has 2 heteroatoms. The van der Waals surface area contributed by atoms with Crippen LogP contribution in [0, 0.1) is 0 Å². The highest BCUT2D eigenvalue weighted by atomic mass is 16.1. The third-order valence-corrected chi connectivity index (χ3v) is 2.22. The van der Waals surface area contributed by atoms with Gasteiger partial charge in [-0.05, 0) is 25.5 Å². The smallest absolute Gasteiger partial charge is 0.175 e. The van der Waals surface area contributed by atoms with E-state index in [0.717, 1.165) is 19.4 Å². The van der Waals surface area contributed by atoms with E-state index >= 15 is 0 Å². The highest BCUT2D eigenvalue weighted by molar-refractivity contribution is 6.01. The SMILES string of the molecule is O=C1C=CCC12CCN2. The van der Waals surface area contributed by atoms with Crippen LogP contribution in [0.3, 0.4) is 0 Å². The fourth-order valence-electron chi connectivity index (χ4n) is 1.44. The van der Waals surface area contributed by atoms with Gasteiger partial charge in [-0.25, -0.2) is 0 Å². The van der Waals surface area contributed by atoms with E-state index in [2.05, 4.69) is 5.32 Å². The van der Waals surface area contributed by atoms with E-state index < -0.39 is 0 Å². The molecule has 1 N–H and O–H groups in total. The van der Waals surface area contributed by atoms with Crippen molar-refractivity contribution in [3.63, 3.8) is 0 Å². The monoisotopic (exact) mass is 123 g/mol. The zero-order chi connectivity index (χ0) is 6.32. The van der Waals surface area contributed by atoms with Crippen LogP contribution in [-0.2, 0) is 4.79 Å². The Morgan fingerprint density at radius 2 is 2.44 bits per heavy atom. The summed E-state index contributed by atoms with van der Waals surface area (Å²) < 4.78 is 0. The Bertz CT molecular complexity index is 179. The minimum Gasteiger partial charge on any atom is -0.304 e. The zero-order valence-corrected chi connectivity index (χ0v) is 5.18. The molecular formula is C7H9NO. The maximum atomic E-state index is 11.0. The number of ketones is 1. The van der Waals surface area contributed by atoms with E-state index in [0.29, 0.717) is 0 Å². The average Bonchev–Trinajstić information content (AvgIpc) is 2.07. The Labute approximate surface area is 53.9 Å². The van der Waals surface area contributed by atoms with E-state index in [1.54, 1.807) is 6.08 Å². The number of hydrogen-bond acceptors (Lipinski definition) is 2. The fourth-order valence-corrected chi connectivity index (χ4v) is 1.44. The highest BCUT2D eigenvalue weighted by Crippen LogP contribution is 2.29. The van der Waals surface area contributed by atoms with Gasteiger partial charge in [0.15, 0.2) is 5.78 Å². The summed E-state index contributed by atoms with van der Waals surface area (Å²) >= 11 is 0. The molecule has 1 saturated heterocycles. The maximum Gasteiger partial charge on any atom is 0.175 e. The topological polar surface area (TPSA) is 29.1 Å². The summed E-state index contributed by atoms with van der Waals surface area (Å²) in [6.45, 7) is 1.01. The largest absolute Gasteiger partial charge is 0.304 e. The van der Waals surface area contributed by atoms with Gasteiger partial charge in [0.25, 0.3) is 0 Å². The summed E-state index contributed by atoms with van der Waals surface area (Å²) in [4.78, 5) is 11.0. The van der Waals surface area contributed by atoms with Crippen LogP contribution >= 0.6 is 0 Å². The van der Waals surface area contributed by atoms with Gasteiger partial charge in [0.05, 0.1) is 5.54 Å². The first-order chi connectivity index (χ1) is 4.33. The summed E-state index contributed by atoms with van der Waals surface area (Å²) in [6, 6.07) is 0. The molecule has 1 heterocycles. The standard InChI is InChI=1S/C7H9NO/c9-6-2-1-3-7(6)4-5-8-7/h1-2,8H,3-5H2. The molecule has 0 bridgehead atoms. The molecule has 1 aliphatic carbocycles. The molecule has 1 spiro atoms. The second kappa shape index (κ2) is 1.45. The molecule has 2 rings (SSSR count). The number of carbonyl (C=O) groups excluding carboxylic acids is 1. The predicted octanol–water partition coefficient (Wildman–Crippen LogP) is 0.247. The van der Waals surface area contributed by atoms with Gasteiger partial charge in [-0.15, -0.1) is 0 Å². The lowest BCUT2D eigenvalue weighted by Crippen LogP contribution is -2.59. The second-order valence-corrected chi connectivity index (χ2v) is 2.73. The van der Waals surface area contributed by atoms with Crippen molar-refractivity contribution in [1.29, 1.82) is 0 Å². The molecule has 1 fully saturated rings. The molecule has 0 aromatic heterocycles. The van der Waals surface area contributed by atoms with Crippen molar-refractivity contribution < 1.29 is 4.79 Å². The van der Waals surface area contributed by atoms with Crippen LogP contribution < -0.4 is 5.32 Å². The molecule has 0 radical (unpaired) electrons. The van der Waals surface area contributed by atoms with Crippen molar-refractivity contribution in [2.75, 3.05) is 6.54 Å². The van der Waals surface area contributed by atoms with Crippen LogP contribution in [-0.4, -0.2) is 17.9 Å². The third-order valence-electron chi connectivity index (χ3n) is 2.22. The Balaban J connectivity index is 2.23. The van der Waals surface area contributed by atoms with Crippen LogP contribution in [0.25, 0.3) is 0 Å². The normalized spacial score (nSPS) is 39.8. The second-order valence-electron chi connectivity index (χ2n) is 2.73. The van der Waals surface area contributed by atoms with Gasteiger partial charge in [0.2, 0.25) is 0 Å². The minimum atomic E-state index is -0.125. The quantitative estimate of drug-likeness (QED) is 0.500. The van der Waals surface area contributed by atoms with Crippen LogP contribution in [0.1, 0.15) is 12.8 Å². The van der Waals surface area contributed by atoms with Crippen molar-refractivity contribution in [1.82, 2.24) is 5.32 Å². The molecule has 0 aromatic carbocycles. The van der Waals surface area contributed by atoms with Gasteiger partial charge < -0.3 is 5.32 Å². The minimum absolute atomic E-state index is 0.125. The van der Waals surface area contributed by atoms with E-state index in [-0.39, 0.29) is 11.3 Å². The molecule has 1 atom stereocenters. The zero-order valence-electron chi connectivity index (χ0n) is 5.18. The van der Waals surface area contributed by atoms with E-state index in [9.17, 15) is 4.79 Å². The molecular weight excluding hydrogens is 114 g/mol. The first-order valence-corrected chi connectivity index (χ1v) is 3.30. The van der Waals surface area contributed by atoms with Crippen molar-refractivity contribution in [3.05, 3.63) is 12.2 Å². The number of rotatable bonds is 0. The van der Waals surface area contributed by atoms with Crippen LogP contribution in [0.2, 0.25) is 0 Å². The van der Waals surface area contributed by atoms with Crippen LogP contribution in [0.4, 0.5) is 0 Å². The molecule has 0 amide bonds. The Hall–Kier alpha value is -0.630. The molecule has 9 heavy (non-hydrogen) atoms. The highest BCUT2D eigenvalue weighted by Gasteiger charge is 2.43. The molecule has 0 saturated carbocycles. The summed E-state index contributed by atoms with van der Waals surface area (Å²) in [5.41, 5.74) is -0.125. The molecule has 48 valence electrons. The summed E-state index contributed by atoms with van der Waals surface area (Å²) in [7, 11) is 0. The Morgan fingerprint density at radius 3 is 2.67 bits per heavy atom. The van der Waals surface area contributed by atoms with Crippen molar-refractivity contribution in [2.24, 2.45) is 0 Å². The molecule has 0 aromatic rings. The lowest BCUT2D eigenvalue weighted by atomic mass is 9.85. The third kappa shape index (κ3) is 0.512. The lowest BCUT2D eigenvalue weighted by Gasteiger charge is -2.37. The van der Waals surface area contributed by atoms with Gasteiger partial charge in [-0.3, -0.25) is 4.79 Å². The van der Waals surface area contributed by atoms with Crippen molar-refractivity contribution >= 4 is 5.78 Å². The number of carbonyl (C=O) groups is 1. The lowest BCUT2D eigenvalue weighted by molar-refractivity contribution is -0.122. The van der Waals surface area contributed by atoms with E-state index in [1.165, 1.54) is 0 Å². The van der Waals surface area contributed by atoms with Gasteiger partial charge >= 0.3 is 0 Å². The predicted molar refractivity (Wildman–Crippen MR) is 34.1 cm³/mol. The Morgan fingerprint density at radius 1 is 1.67 bits per heavy atom. The summed E-state index contributed by atoms with van der Waals surface area (Å²) in [5, 5.41) is 3.16. The van der Waals surface area contributed by atoms with Gasteiger partial charge in [-0.2, -0.15) is 0 Å². The first-order valence-electron chi connectivity index (χ1n) is 3.30. The molecule has 1 unspecified atom stereocenters. The number of nitrogens with one attached hydrogen (secondary N) is 1. The first kappa shape index (κ1) is 5.18. The molecule has 2 nitrogen and oxygen atoms in total. The Kier molecular flexibility index (Phi) is 0.833. The van der Waals surface area contributed by atoms with Gasteiger partial charge in [0.1, 0.15) is 0 Å². The fraction of sp³-hybridized carbons (Fsp3) is 0.571.